The van der Waals surface area contributed by atoms with E-state index in [2.05, 4.69) is 35.8 Å². The molecule has 0 radical (unpaired) electrons. The lowest BCUT2D eigenvalue weighted by molar-refractivity contribution is 0.0741. The summed E-state index contributed by atoms with van der Waals surface area (Å²) in [5.74, 6) is 0.705. The van der Waals surface area contributed by atoms with Gasteiger partial charge < -0.3 is 9.80 Å². The quantitative estimate of drug-likeness (QED) is 0.821. The Morgan fingerprint density at radius 1 is 1.15 bits per heavy atom. The molecule has 2 aromatic heterocycles. The van der Waals surface area contributed by atoms with E-state index < -0.39 is 0 Å². The average Bonchev–Trinajstić information content (AvgIpc) is 3.02. The number of hydrogen-bond donors (Lipinski definition) is 0. The van der Waals surface area contributed by atoms with Crippen molar-refractivity contribution in [3.63, 3.8) is 0 Å². The summed E-state index contributed by atoms with van der Waals surface area (Å²) >= 11 is 4.75. The molecule has 20 heavy (non-hydrogen) atoms. The molecular weight excluding hydrogens is 342 g/mol. The molecular formula is C12H12BrN5OS. The Balaban J connectivity index is 1.62. The van der Waals surface area contributed by atoms with Crippen molar-refractivity contribution in [2.45, 2.75) is 0 Å². The second-order valence-electron chi connectivity index (χ2n) is 4.35. The lowest BCUT2D eigenvalue weighted by Gasteiger charge is -2.34. The van der Waals surface area contributed by atoms with E-state index >= 15 is 0 Å². The maximum Gasteiger partial charge on any atom is 0.273 e. The van der Waals surface area contributed by atoms with Gasteiger partial charge >= 0.3 is 0 Å². The number of piperazine rings is 1. The van der Waals surface area contributed by atoms with Crippen LogP contribution in [0.25, 0.3) is 0 Å². The highest BCUT2D eigenvalue weighted by molar-refractivity contribution is 9.10. The van der Waals surface area contributed by atoms with Crippen molar-refractivity contribution in [1.29, 1.82) is 0 Å². The van der Waals surface area contributed by atoms with Gasteiger partial charge in [-0.1, -0.05) is 0 Å². The van der Waals surface area contributed by atoms with Crippen molar-refractivity contribution in [2.75, 3.05) is 31.1 Å². The number of anilines is 1. The highest BCUT2D eigenvalue weighted by Gasteiger charge is 2.24. The Morgan fingerprint density at radius 2 is 1.85 bits per heavy atom. The fourth-order valence-corrected chi connectivity index (χ4v) is 2.79. The third kappa shape index (κ3) is 2.80. The lowest BCUT2D eigenvalue weighted by Crippen LogP contribution is -2.49. The van der Waals surface area contributed by atoms with Crippen LogP contribution in [-0.4, -0.2) is 51.9 Å². The van der Waals surface area contributed by atoms with E-state index in [1.54, 1.807) is 23.3 Å². The van der Waals surface area contributed by atoms with Gasteiger partial charge in [0.25, 0.3) is 5.91 Å². The van der Waals surface area contributed by atoms with Gasteiger partial charge in [-0.2, -0.15) is 0 Å². The topological polar surface area (TPSA) is 62.2 Å². The first kappa shape index (κ1) is 13.4. The Kier molecular flexibility index (Phi) is 3.93. The molecule has 1 fully saturated rings. The molecule has 1 amide bonds. The van der Waals surface area contributed by atoms with Crippen molar-refractivity contribution in [1.82, 2.24) is 19.9 Å². The van der Waals surface area contributed by atoms with Crippen LogP contribution in [0.15, 0.2) is 27.8 Å². The number of carbonyl (C=O) groups is 1. The van der Waals surface area contributed by atoms with E-state index in [4.69, 9.17) is 0 Å². The Morgan fingerprint density at radius 3 is 2.45 bits per heavy atom. The summed E-state index contributed by atoms with van der Waals surface area (Å²) in [6.45, 7) is 2.79. The second kappa shape index (κ2) is 5.84. The van der Waals surface area contributed by atoms with E-state index in [0.29, 0.717) is 24.7 Å². The molecule has 6 nitrogen and oxygen atoms in total. The van der Waals surface area contributed by atoms with Crippen LogP contribution in [0.1, 0.15) is 10.5 Å². The largest absolute Gasteiger partial charge is 0.337 e. The van der Waals surface area contributed by atoms with Gasteiger partial charge in [-0.15, -0.1) is 11.3 Å². The van der Waals surface area contributed by atoms with Gasteiger partial charge in [0.05, 0.1) is 9.98 Å². The molecule has 0 saturated carbocycles. The molecule has 1 aliphatic heterocycles. The SMILES string of the molecule is O=C(c1cscn1)N1CCN(c2ncc(Br)cn2)CC1. The summed E-state index contributed by atoms with van der Waals surface area (Å²) in [5, 5.41) is 1.78. The van der Waals surface area contributed by atoms with Crippen molar-refractivity contribution in [2.24, 2.45) is 0 Å². The second-order valence-corrected chi connectivity index (χ2v) is 5.99. The molecule has 2 aromatic rings. The molecule has 0 bridgehead atoms. The third-order valence-electron chi connectivity index (χ3n) is 3.11. The molecule has 0 unspecified atom stereocenters. The van der Waals surface area contributed by atoms with Crippen LogP contribution < -0.4 is 4.90 Å². The number of carbonyl (C=O) groups excluding carboxylic acids is 1. The Bertz CT molecular complexity index is 580. The minimum absolute atomic E-state index is 0.00243. The minimum atomic E-state index is 0.00243. The van der Waals surface area contributed by atoms with Gasteiger partial charge in [0, 0.05) is 44.0 Å². The van der Waals surface area contributed by atoms with Crippen LogP contribution in [0, 0.1) is 0 Å². The number of amides is 1. The standard InChI is InChI=1S/C12H12BrN5OS/c13-9-5-14-12(15-6-9)18-3-1-17(2-4-18)11(19)10-7-20-8-16-10/h5-8H,1-4H2. The number of halogens is 1. The molecule has 3 rings (SSSR count). The third-order valence-corrected chi connectivity index (χ3v) is 4.10. The maximum absolute atomic E-state index is 12.2. The van der Waals surface area contributed by atoms with E-state index in [1.165, 1.54) is 11.3 Å². The molecule has 1 saturated heterocycles. The first-order valence-electron chi connectivity index (χ1n) is 6.14. The lowest BCUT2D eigenvalue weighted by atomic mass is 10.3. The van der Waals surface area contributed by atoms with Gasteiger partial charge in [-0.3, -0.25) is 4.79 Å². The van der Waals surface area contributed by atoms with Crippen molar-refractivity contribution < 1.29 is 4.79 Å². The van der Waals surface area contributed by atoms with E-state index in [9.17, 15) is 4.79 Å². The van der Waals surface area contributed by atoms with Crippen LogP contribution >= 0.6 is 27.3 Å². The number of rotatable bonds is 2. The Labute approximate surface area is 128 Å². The highest BCUT2D eigenvalue weighted by atomic mass is 79.9. The molecule has 0 spiro atoms. The zero-order valence-electron chi connectivity index (χ0n) is 10.6. The number of aromatic nitrogens is 3. The number of hydrogen-bond acceptors (Lipinski definition) is 6. The van der Waals surface area contributed by atoms with Crippen molar-refractivity contribution in [3.8, 4) is 0 Å². The smallest absolute Gasteiger partial charge is 0.273 e. The van der Waals surface area contributed by atoms with Crippen LogP contribution in [0.4, 0.5) is 5.95 Å². The van der Waals surface area contributed by atoms with Gasteiger partial charge in [-0.25, -0.2) is 15.0 Å². The maximum atomic E-state index is 12.2. The normalized spacial score (nSPS) is 15.4. The highest BCUT2D eigenvalue weighted by Crippen LogP contribution is 2.14. The summed E-state index contributed by atoms with van der Waals surface area (Å²) < 4.78 is 0.860. The average molecular weight is 354 g/mol. The molecule has 0 aliphatic carbocycles. The zero-order chi connectivity index (χ0) is 13.9. The van der Waals surface area contributed by atoms with E-state index in [-0.39, 0.29) is 5.91 Å². The van der Waals surface area contributed by atoms with E-state index in [0.717, 1.165) is 17.6 Å². The van der Waals surface area contributed by atoms with Crippen LogP contribution in [-0.2, 0) is 0 Å². The summed E-state index contributed by atoms with van der Waals surface area (Å²) in [4.78, 5) is 28.7. The first-order valence-corrected chi connectivity index (χ1v) is 7.87. The van der Waals surface area contributed by atoms with E-state index in [1.807, 2.05) is 4.90 Å². The van der Waals surface area contributed by atoms with Gasteiger partial charge in [0.2, 0.25) is 5.95 Å². The summed E-state index contributed by atoms with van der Waals surface area (Å²) in [6.07, 6.45) is 3.46. The molecule has 104 valence electrons. The fourth-order valence-electron chi connectivity index (χ4n) is 2.06. The van der Waals surface area contributed by atoms with Crippen molar-refractivity contribution >= 4 is 39.1 Å². The molecule has 1 aliphatic rings. The summed E-state index contributed by atoms with van der Waals surface area (Å²) in [7, 11) is 0. The molecule has 0 atom stereocenters. The van der Waals surface area contributed by atoms with Gasteiger partial charge in [-0.05, 0) is 15.9 Å². The summed E-state index contributed by atoms with van der Waals surface area (Å²) in [5.41, 5.74) is 2.21. The molecule has 0 aromatic carbocycles. The minimum Gasteiger partial charge on any atom is -0.337 e. The zero-order valence-corrected chi connectivity index (χ0v) is 13.0. The Hall–Kier alpha value is -1.54. The number of thiazole rings is 1. The predicted octanol–water partition coefficient (Wildman–Crippen LogP) is 1.66. The molecule has 8 heteroatoms. The van der Waals surface area contributed by atoms with Crippen molar-refractivity contribution in [3.05, 3.63) is 33.5 Å². The van der Waals surface area contributed by atoms with Crippen LogP contribution in [0.5, 0.6) is 0 Å². The van der Waals surface area contributed by atoms with Crippen LogP contribution in [0.2, 0.25) is 0 Å². The monoisotopic (exact) mass is 353 g/mol. The first-order chi connectivity index (χ1) is 9.74. The summed E-state index contributed by atoms with van der Waals surface area (Å²) in [6, 6.07) is 0. The number of nitrogens with zero attached hydrogens (tertiary/aromatic N) is 5. The van der Waals surface area contributed by atoms with Gasteiger partial charge in [0.15, 0.2) is 0 Å². The molecule has 0 N–H and O–H groups in total. The van der Waals surface area contributed by atoms with Gasteiger partial charge in [0.1, 0.15) is 5.69 Å². The fraction of sp³-hybridized carbons (Fsp3) is 0.333. The molecule has 3 heterocycles. The predicted molar refractivity (Wildman–Crippen MR) is 80.0 cm³/mol. The van der Waals surface area contributed by atoms with Crippen LogP contribution in [0.3, 0.4) is 0 Å².